The van der Waals surface area contributed by atoms with E-state index in [0.29, 0.717) is 6.07 Å². The number of anilines is 1. The average molecular weight is 263 g/mol. The van der Waals surface area contributed by atoms with Crippen molar-refractivity contribution in [1.29, 1.82) is 0 Å². The zero-order chi connectivity index (χ0) is 13.2. The molecule has 6 nitrogen and oxygen atoms in total. The van der Waals surface area contributed by atoms with Crippen LogP contribution in [0.4, 0.5) is 15.8 Å². The molecule has 1 aromatic rings. The molecule has 1 aromatic carbocycles. The van der Waals surface area contributed by atoms with Crippen molar-refractivity contribution in [2.24, 2.45) is 0 Å². The van der Waals surface area contributed by atoms with Crippen LogP contribution in [0.5, 0.6) is 0 Å². The van der Waals surface area contributed by atoms with Crippen LogP contribution in [0.25, 0.3) is 0 Å². The number of hydrogen-bond donors (Lipinski definition) is 1. The van der Waals surface area contributed by atoms with E-state index >= 15 is 0 Å². The van der Waals surface area contributed by atoms with Gasteiger partial charge in [0.15, 0.2) is 0 Å². The fourth-order valence-corrected chi connectivity index (χ4v) is 1.42. The molecule has 1 rings (SSSR count). The van der Waals surface area contributed by atoms with Gasteiger partial charge in [-0.25, -0.2) is 4.39 Å². The Morgan fingerprint density at radius 2 is 2.24 bits per heavy atom. The van der Waals surface area contributed by atoms with E-state index in [-0.39, 0.29) is 10.7 Å². The third kappa shape index (κ3) is 3.04. The summed E-state index contributed by atoms with van der Waals surface area (Å²) in [5, 5.41) is 19.0. The van der Waals surface area contributed by atoms with Crippen LogP contribution in [0.1, 0.15) is 0 Å². The Morgan fingerprint density at radius 3 is 2.71 bits per heavy atom. The zero-order valence-electron chi connectivity index (χ0n) is 8.68. The largest absolute Gasteiger partial charge is 0.480 e. The predicted molar refractivity (Wildman–Crippen MR) is 59.0 cm³/mol. The van der Waals surface area contributed by atoms with Crippen LogP contribution in [-0.2, 0) is 4.79 Å². The van der Waals surface area contributed by atoms with Crippen LogP contribution in [0, 0.1) is 15.9 Å². The summed E-state index contributed by atoms with van der Waals surface area (Å²) in [5.74, 6) is -2.09. The van der Waals surface area contributed by atoms with E-state index in [0.717, 1.165) is 11.0 Å². The summed E-state index contributed by atoms with van der Waals surface area (Å²) in [6, 6.07) is 1.69. The Bertz CT molecular complexity index is 480. The molecule has 0 aliphatic carbocycles. The summed E-state index contributed by atoms with van der Waals surface area (Å²) in [4.78, 5) is 21.5. The van der Waals surface area contributed by atoms with Gasteiger partial charge in [0, 0.05) is 7.05 Å². The van der Waals surface area contributed by atoms with E-state index in [1.165, 1.54) is 7.05 Å². The lowest BCUT2D eigenvalue weighted by molar-refractivity contribution is -0.384. The first-order chi connectivity index (χ1) is 7.82. The molecule has 0 unspecified atom stereocenters. The Balaban J connectivity index is 3.25. The van der Waals surface area contributed by atoms with Crippen molar-refractivity contribution in [2.75, 3.05) is 18.5 Å². The van der Waals surface area contributed by atoms with Crippen molar-refractivity contribution >= 4 is 28.9 Å². The summed E-state index contributed by atoms with van der Waals surface area (Å²) in [7, 11) is 1.34. The van der Waals surface area contributed by atoms with Crippen LogP contribution in [0.2, 0.25) is 5.02 Å². The van der Waals surface area contributed by atoms with E-state index in [1.807, 2.05) is 0 Å². The Hall–Kier alpha value is -1.89. The number of carboxylic acid groups (broad SMARTS) is 1. The first-order valence-corrected chi connectivity index (χ1v) is 4.77. The van der Waals surface area contributed by atoms with E-state index in [1.54, 1.807) is 0 Å². The molecule has 0 fully saturated rings. The Labute approximate surface area is 100 Å². The van der Waals surface area contributed by atoms with Crippen molar-refractivity contribution in [1.82, 2.24) is 0 Å². The van der Waals surface area contributed by atoms with E-state index < -0.39 is 28.9 Å². The molecule has 0 aromatic heterocycles. The fraction of sp³-hybridized carbons (Fsp3) is 0.222. The molecule has 0 atom stereocenters. The summed E-state index contributed by atoms with van der Waals surface area (Å²) in [6.45, 7) is -0.456. The maximum absolute atomic E-state index is 13.1. The van der Waals surface area contributed by atoms with Gasteiger partial charge in [0.1, 0.15) is 18.0 Å². The Kier molecular flexibility index (Phi) is 3.84. The monoisotopic (exact) mass is 262 g/mol. The zero-order valence-corrected chi connectivity index (χ0v) is 9.44. The lowest BCUT2D eigenvalue weighted by atomic mass is 10.2. The highest BCUT2D eigenvalue weighted by molar-refractivity contribution is 6.31. The number of rotatable bonds is 4. The van der Waals surface area contributed by atoms with Gasteiger partial charge in [-0.3, -0.25) is 14.9 Å². The molecular weight excluding hydrogens is 255 g/mol. The van der Waals surface area contributed by atoms with Gasteiger partial charge in [0.05, 0.1) is 16.0 Å². The maximum Gasteiger partial charge on any atom is 0.323 e. The van der Waals surface area contributed by atoms with Gasteiger partial charge in [-0.1, -0.05) is 11.6 Å². The molecule has 0 aliphatic heterocycles. The lowest BCUT2D eigenvalue weighted by Gasteiger charge is -2.16. The number of nitrogens with zero attached hydrogens (tertiary/aromatic N) is 2. The molecule has 0 radical (unpaired) electrons. The molecule has 92 valence electrons. The Morgan fingerprint density at radius 1 is 1.65 bits per heavy atom. The van der Waals surface area contributed by atoms with Gasteiger partial charge in [0.2, 0.25) is 0 Å². The highest BCUT2D eigenvalue weighted by Crippen LogP contribution is 2.32. The number of halogens is 2. The quantitative estimate of drug-likeness (QED) is 0.662. The number of nitro benzene ring substituents is 1. The standard InChI is InChI=1S/C9H8ClFN2O4/c1-12(4-9(14)15)7-2-5(10)6(11)3-8(7)13(16)17/h2-3H,4H2,1H3,(H,14,15). The molecule has 0 aliphatic rings. The number of nitro groups is 1. The minimum atomic E-state index is -1.16. The molecule has 0 spiro atoms. The number of likely N-dealkylation sites (N-methyl/N-ethyl adjacent to an activating group) is 1. The number of hydrogen-bond acceptors (Lipinski definition) is 4. The molecule has 0 amide bonds. The maximum atomic E-state index is 13.1. The predicted octanol–water partition coefficient (Wildman–Crippen LogP) is 1.91. The van der Waals surface area contributed by atoms with Crippen LogP contribution in [-0.4, -0.2) is 29.6 Å². The lowest BCUT2D eigenvalue weighted by Crippen LogP contribution is -2.25. The number of aliphatic carboxylic acids is 1. The smallest absolute Gasteiger partial charge is 0.323 e. The van der Waals surface area contributed by atoms with Crippen LogP contribution in [0.3, 0.4) is 0 Å². The van der Waals surface area contributed by atoms with Crippen molar-refractivity contribution in [3.63, 3.8) is 0 Å². The molecule has 0 heterocycles. The molecule has 17 heavy (non-hydrogen) atoms. The third-order valence-electron chi connectivity index (χ3n) is 2.00. The molecule has 1 N–H and O–H groups in total. The summed E-state index contributed by atoms with van der Waals surface area (Å²) in [5.41, 5.74) is -0.584. The first-order valence-electron chi connectivity index (χ1n) is 4.39. The van der Waals surface area contributed by atoms with Crippen LogP contribution in [0.15, 0.2) is 12.1 Å². The first kappa shape index (κ1) is 13.2. The minimum absolute atomic E-state index is 0.0520. The fourth-order valence-electron chi connectivity index (χ4n) is 1.27. The molecule has 0 saturated carbocycles. The average Bonchev–Trinajstić information content (AvgIpc) is 2.19. The van der Waals surface area contributed by atoms with Gasteiger partial charge in [-0.2, -0.15) is 0 Å². The molecule has 0 bridgehead atoms. The number of carbonyl (C=O) groups is 1. The van der Waals surface area contributed by atoms with E-state index in [9.17, 15) is 19.3 Å². The van der Waals surface area contributed by atoms with Crippen molar-refractivity contribution in [3.05, 3.63) is 33.1 Å². The van der Waals surface area contributed by atoms with Gasteiger partial charge in [-0.05, 0) is 6.07 Å². The second-order valence-electron chi connectivity index (χ2n) is 3.26. The van der Waals surface area contributed by atoms with Crippen molar-refractivity contribution < 1.29 is 19.2 Å². The van der Waals surface area contributed by atoms with E-state index in [4.69, 9.17) is 16.7 Å². The van der Waals surface area contributed by atoms with Crippen molar-refractivity contribution in [2.45, 2.75) is 0 Å². The topological polar surface area (TPSA) is 83.7 Å². The summed E-state index contributed by atoms with van der Waals surface area (Å²) >= 11 is 5.50. The number of carboxylic acids is 1. The minimum Gasteiger partial charge on any atom is -0.480 e. The second kappa shape index (κ2) is 4.96. The van der Waals surface area contributed by atoms with Gasteiger partial charge < -0.3 is 10.0 Å². The highest BCUT2D eigenvalue weighted by Gasteiger charge is 2.21. The second-order valence-corrected chi connectivity index (χ2v) is 3.67. The SMILES string of the molecule is CN(CC(=O)O)c1cc(Cl)c(F)cc1[N+](=O)[O-]. The van der Waals surface area contributed by atoms with Gasteiger partial charge >= 0.3 is 5.97 Å². The molecular formula is C9H8ClFN2O4. The van der Waals surface area contributed by atoms with Gasteiger partial charge in [0.25, 0.3) is 5.69 Å². The normalized spacial score (nSPS) is 10.1. The highest BCUT2D eigenvalue weighted by atomic mass is 35.5. The van der Waals surface area contributed by atoms with Crippen molar-refractivity contribution in [3.8, 4) is 0 Å². The number of benzene rings is 1. The van der Waals surface area contributed by atoms with Crippen LogP contribution >= 0.6 is 11.6 Å². The molecule has 8 heteroatoms. The third-order valence-corrected chi connectivity index (χ3v) is 2.29. The van der Waals surface area contributed by atoms with Gasteiger partial charge in [-0.15, -0.1) is 0 Å². The summed E-state index contributed by atoms with van der Waals surface area (Å²) in [6.07, 6.45) is 0. The van der Waals surface area contributed by atoms with Crippen LogP contribution < -0.4 is 4.90 Å². The summed E-state index contributed by atoms with van der Waals surface area (Å²) < 4.78 is 13.1. The molecule has 0 saturated heterocycles. The van der Waals surface area contributed by atoms with E-state index in [2.05, 4.69) is 0 Å².